The highest BCUT2D eigenvalue weighted by Gasteiger charge is 2.29. The van der Waals surface area contributed by atoms with Gasteiger partial charge in [-0.25, -0.2) is 4.98 Å². The highest BCUT2D eigenvalue weighted by Crippen LogP contribution is 2.39. The van der Waals surface area contributed by atoms with Gasteiger partial charge in [-0.05, 0) is 37.1 Å². The molecular formula is C19H19N3O3S. The van der Waals surface area contributed by atoms with Gasteiger partial charge >= 0.3 is 0 Å². The van der Waals surface area contributed by atoms with E-state index in [0.29, 0.717) is 17.8 Å². The van der Waals surface area contributed by atoms with E-state index in [2.05, 4.69) is 10.3 Å². The minimum atomic E-state index is -0.201. The van der Waals surface area contributed by atoms with Crippen LogP contribution in [0.5, 0.6) is 0 Å². The molecule has 134 valence electrons. The fraction of sp³-hybridized carbons (Fsp3) is 0.316. The first-order valence-electron chi connectivity index (χ1n) is 8.64. The van der Waals surface area contributed by atoms with Gasteiger partial charge in [0.25, 0.3) is 5.91 Å². The maximum atomic E-state index is 13.1. The fourth-order valence-corrected chi connectivity index (χ4v) is 4.16. The SMILES string of the molecule is O=C(CN1C(=O)c2ccccc2Sc2ncccc21)NCC1CCCO1. The van der Waals surface area contributed by atoms with Gasteiger partial charge in [0.15, 0.2) is 0 Å². The zero-order valence-corrected chi connectivity index (χ0v) is 15.0. The van der Waals surface area contributed by atoms with Gasteiger partial charge < -0.3 is 10.1 Å². The summed E-state index contributed by atoms with van der Waals surface area (Å²) >= 11 is 1.45. The zero-order valence-electron chi connectivity index (χ0n) is 14.2. The summed E-state index contributed by atoms with van der Waals surface area (Å²) in [5.74, 6) is -0.389. The van der Waals surface area contributed by atoms with Crippen LogP contribution in [0.3, 0.4) is 0 Å². The Kier molecular flexibility index (Phi) is 4.90. The third-order valence-corrected chi connectivity index (χ3v) is 5.55. The Morgan fingerprint density at radius 3 is 3.04 bits per heavy atom. The predicted octanol–water partition coefficient (Wildman–Crippen LogP) is 2.49. The summed E-state index contributed by atoms with van der Waals surface area (Å²) in [6.45, 7) is 1.18. The van der Waals surface area contributed by atoms with E-state index < -0.39 is 0 Å². The second kappa shape index (κ2) is 7.47. The molecule has 0 radical (unpaired) electrons. The summed E-state index contributed by atoms with van der Waals surface area (Å²) in [6, 6.07) is 11.0. The molecule has 2 amide bonds. The normalized spacial score (nSPS) is 18.8. The Bertz CT molecular complexity index is 836. The zero-order chi connectivity index (χ0) is 17.9. The van der Waals surface area contributed by atoms with Crippen molar-refractivity contribution in [1.82, 2.24) is 10.3 Å². The van der Waals surface area contributed by atoms with Gasteiger partial charge in [0.2, 0.25) is 5.91 Å². The maximum Gasteiger partial charge on any atom is 0.259 e. The standard InChI is InChI=1S/C19H19N3O3S/c23-17(21-11-13-5-4-10-25-13)12-22-15-7-3-9-20-18(15)26-16-8-2-1-6-14(16)19(22)24/h1-3,6-9,13H,4-5,10-12H2,(H,21,23). The maximum absolute atomic E-state index is 13.1. The van der Waals surface area contributed by atoms with E-state index in [1.54, 1.807) is 18.3 Å². The number of fused-ring (bicyclic) bond motifs is 2. The number of nitrogens with one attached hydrogen (secondary N) is 1. The minimum absolute atomic E-state index is 0.0425. The highest BCUT2D eigenvalue weighted by molar-refractivity contribution is 7.99. The molecule has 7 heteroatoms. The molecular weight excluding hydrogens is 350 g/mol. The number of anilines is 1. The molecule has 0 bridgehead atoms. The Labute approximate surface area is 155 Å². The van der Waals surface area contributed by atoms with E-state index in [4.69, 9.17) is 4.74 Å². The molecule has 6 nitrogen and oxygen atoms in total. The largest absolute Gasteiger partial charge is 0.376 e. The first-order chi connectivity index (χ1) is 12.7. The molecule has 2 aliphatic heterocycles. The van der Waals surface area contributed by atoms with E-state index in [-0.39, 0.29) is 24.5 Å². The third kappa shape index (κ3) is 3.45. The lowest BCUT2D eigenvalue weighted by Crippen LogP contribution is -2.43. The van der Waals surface area contributed by atoms with Gasteiger partial charge in [0, 0.05) is 24.2 Å². The second-order valence-electron chi connectivity index (χ2n) is 6.26. The molecule has 0 spiro atoms. The van der Waals surface area contributed by atoms with Crippen molar-refractivity contribution in [2.45, 2.75) is 28.9 Å². The van der Waals surface area contributed by atoms with Crippen molar-refractivity contribution in [2.24, 2.45) is 0 Å². The number of ether oxygens (including phenoxy) is 1. The number of aromatic nitrogens is 1. The van der Waals surface area contributed by atoms with Gasteiger partial charge in [-0.2, -0.15) is 0 Å². The monoisotopic (exact) mass is 369 g/mol. The van der Waals surface area contributed by atoms with Crippen LogP contribution in [0.15, 0.2) is 52.5 Å². The number of carbonyl (C=O) groups is 2. The second-order valence-corrected chi connectivity index (χ2v) is 7.29. The number of hydrogen-bond donors (Lipinski definition) is 1. The summed E-state index contributed by atoms with van der Waals surface area (Å²) in [5, 5.41) is 3.60. The van der Waals surface area contributed by atoms with Crippen molar-refractivity contribution in [2.75, 3.05) is 24.6 Å². The molecule has 0 saturated carbocycles. The number of benzene rings is 1. The molecule has 4 rings (SSSR count). The van der Waals surface area contributed by atoms with Gasteiger partial charge in [0.05, 0.1) is 17.4 Å². The van der Waals surface area contributed by atoms with Gasteiger partial charge in [-0.1, -0.05) is 23.9 Å². The van der Waals surface area contributed by atoms with Crippen LogP contribution in [0.25, 0.3) is 0 Å². The van der Waals surface area contributed by atoms with E-state index in [1.165, 1.54) is 16.7 Å². The van der Waals surface area contributed by atoms with Crippen LogP contribution in [-0.4, -0.2) is 42.6 Å². The smallest absolute Gasteiger partial charge is 0.259 e. The topological polar surface area (TPSA) is 71.5 Å². The molecule has 0 aliphatic carbocycles. The summed E-state index contributed by atoms with van der Waals surface area (Å²) in [6.07, 6.45) is 3.75. The van der Waals surface area contributed by atoms with Gasteiger partial charge in [-0.15, -0.1) is 0 Å². The van der Waals surface area contributed by atoms with Crippen LogP contribution in [0.1, 0.15) is 23.2 Å². The van der Waals surface area contributed by atoms with Crippen molar-refractivity contribution < 1.29 is 14.3 Å². The Balaban J connectivity index is 1.57. The quantitative estimate of drug-likeness (QED) is 0.897. The molecule has 2 aliphatic rings. The van der Waals surface area contributed by atoms with Crippen molar-refractivity contribution in [1.29, 1.82) is 0 Å². The Hall–Kier alpha value is -2.38. The highest BCUT2D eigenvalue weighted by atomic mass is 32.2. The van der Waals surface area contributed by atoms with Crippen molar-refractivity contribution in [3.63, 3.8) is 0 Å². The van der Waals surface area contributed by atoms with Gasteiger partial charge in [0.1, 0.15) is 11.6 Å². The van der Waals surface area contributed by atoms with Crippen LogP contribution in [0.4, 0.5) is 5.69 Å². The van der Waals surface area contributed by atoms with E-state index in [9.17, 15) is 9.59 Å². The average molecular weight is 369 g/mol. The van der Waals surface area contributed by atoms with Crippen LogP contribution in [-0.2, 0) is 9.53 Å². The molecule has 1 atom stereocenters. The summed E-state index contributed by atoms with van der Waals surface area (Å²) in [7, 11) is 0. The van der Waals surface area contributed by atoms with Crippen molar-refractivity contribution >= 4 is 29.3 Å². The van der Waals surface area contributed by atoms with E-state index >= 15 is 0 Å². The first kappa shape index (κ1) is 17.1. The number of pyridine rings is 1. The summed E-state index contributed by atoms with van der Waals surface area (Å²) < 4.78 is 5.53. The molecule has 1 N–H and O–H groups in total. The van der Waals surface area contributed by atoms with E-state index in [1.807, 2.05) is 24.3 Å². The number of amides is 2. The number of carbonyl (C=O) groups excluding carboxylic acids is 2. The van der Waals surface area contributed by atoms with E-state index in [0.717, 1.165) is 29.4 Å². The first-order valence-corrected chi connectivity index (χ1v) is 9.46. The molecule has 1 unspecified atom stereocenters. The molecule has 1 saturated heterocycles. The lowest BCUT2D eigenvalue weighted by Gasteiger charge is -2.22. The van der Waals surface area contributed by atoms with Crippen molar-refractivity contribution in [3.8, 4) is 0 Å². The molecule has 1 aromatic heterocycles. The van der Waals surface area contributed by atoms with Crippen LogP contribution in [0.2, 0.25) is 0 Å². The predicted molar refractivity (Wildman–Crippen MR) is 98.5 cm³/mol. The molecule has 1 fully saturated rings. The molecule has 1 aromatic carbocycles. The fourth-order valence-electron chi connectivity index (χ4n) is 3.15. The number of nitrogens with zero attached hydrogens (tertiary/aromatic N) is 2. The van der Waals surface area contributed by atoms with Crippen LogP contribution in [0, 0.1) is 0 Å². The Morgan fingerprint density at radius 2 is 2.19 bits per heavy atom. The van der Waals surface area contributed by atoms with Crippen LogP contribution < -0.4 is 10.2 Å². The summed E-state index contributed by atoms with van der Waals surface area (Å²) in [4.78, 5) is 32.3. The van der Waals surface area contributed by atoms with Crippen molar-refractivity contribution in [3.05, 3.63) is 48.2 Å². The number of hydrogen-bond acceptors (Lipinski definition) is 5. The summed E-state index contributed by atoms with van der Waals surface area (Å²) in [5.41, 5.74) is 1.24. The Morgan fingerprint density at radius 1 is 1.31 bits per heavy atom. The number of rotatable bonds is 4. The average Bonchev–Trinajstić information content (AvgIpc) is 3.15. The van der Waals surface area contributed by atoms with Gasteiger partial charge in [-0.3, -0.25) is 14.5 Å². The molecule has 2 aromatic rings. The molecule has 26 heavy (non-hydrogen) atoms. The lowest BCUT2D eigenvalue weighted by atomic mass is 10.2. The third-order valence-electron chi connectivity index (χ3n) is 4.46. The molecule has 3 heterocycles. The lowest BCUT2D eigenvalue weighted by molar-refractivity contribution is -0.120. The van der Waals surface area contributed by atoms with Crippen LogP contribution >= 0.6 is 11.8 Å². The minimum Gasteiger partial charge on any atom is -0.376 e.